The maximum atomic E-state index is 11.5. The number of hydrogen-bond acceptors (Lipinski definition) is 3. The molecule has 1 heterocycles. The summed E-state index contributed by atoms with van der Waals surface area (Å²) in [6, 6.07) is 5.66. The maximum absolute atomic E-state index is 11.5. The van der Waals surface area contributed by atoms with Crippen LogP contribution in [0.2, 0.25) is 0 Å². The van der Waals surface area contributed by atoms with E-state index in [9.17, 15) is 4.79 Å². The van der Waals surface area contributed by atoms with Crippen LogP contribution in [0.25, 0.3) is 0 Å². The molecule has 0 spiro atoms. The molecule has 80 valence electrons. The molecule has 0 aromatic carbocycles. The summed E-state index contributed by atoms with van der Waals surface area (Å²) in [6.45, 7) is 1.47. The van der Waals surface area contributed by atoms with E-state index in [1.54, 1.807) is 6.20 Å². The van der Waals surface area contributed by atoms with Gasteiger partial charge < -0.3 is 5.32 Å². The van der Waals surface area contributed by atoms with Crippen LogP contribution in [0.4, 0.5) is 0 Å². The summed E-state index contributed by atoms with van der Waals surface area (Å²) in [5.74, 6) is 1.04. The van der Waals surface area contributed by atoms with E-state index in [4.69, 9.17) is 0 Å². The second kappa shape index (κ2) is 5.03. The normalized spacial score (nSPS) is 15.2. The minimum Gasteiger partial charge on any atom is -0.310 e. The molecule has 1 aromatic rings. The van der Waals surface area contributed by atoms with Crippen molar-refractivity contribution in [1.29, 1.82) is 0 Å². The van der Waals surface area contributed by atoms with Crippen molar-refractivity contribution in [3.63, 3.8) is 0 Å². The minimum absolute atomic E-state index is 0.217. The van der Waals surface area contributed by atoms with Crippen LogP contribution < -0.4 is 5.32 Å². The average Bonchev–Trinajstić information content (AvgIpc) is 3.03. The Bertz CT molecular complexity index is 320. The van der Waals surface area contributed by atoms with Gasteiger partial charge in [0.25, 0.3) is 0 Å². The number of nitrogens with zero attached hydrogens (tertiary/aromatic N) is 1. The van der Waals surface area contributed by atoms with Gasteiger partial charge in [0.1, 0.15) is 0 Å². The zero-order valence-electron chi connectivity index (χ0n) is 8.78. The Morgan fingerprint density at radius 1 is 1.47 bits per heavy atom. The number of rotatable bonds is 6. The van der Waals surface area contributed by atoms with Gasteiger partial charge in [-0.05, 0) is 37.4 Å². The van der Waals surface area contributed by atoms with E-state index in [2.05, 4.69) is 10.3 Å². The van der Waals surface area contributed by atoms with Gasteiger partial charge >= 0.3 is 0 Å². The van der Waals surface area contributed by atoms with Gasteiger partial charge in [0, 0.05) is 11.9 Å². The summed E-state index contributed by atoms with van der Waals surface area (Å²) in [5, 5.41) is 3.19. The summed E-state index contributed by atoms with van der Waals surface area (Å²) >= 11 is 0. The van der Waals surface area contributed by atoms with Crippen LogP contribution in [0, 0.1) is 5.92 Å². The Morgan fingerprint density at radius 2 is 2.33 bits per heavy atom. The third-order valence-electron chi connectivity index (χ3n) is 2.56. The van der Waals surface area contributed by atoms with Gasteiger partial charge in [0.15, 0.2) is 5.78 Å². The topological polar surface area (TPSA) is 42.0 Å². The van der Waals surface area contributed by atoms with E-state index in [1.807, 2.05) is 18.2 Å². The van der Waals surface area contributed by atoms with Gasteiger partial charge in [-0.2, -0.15) is 0 Å². The summed E-state index contributed by atoms with van der Waals surface area (Å²) in [4.78, 5) is 15.6. The highest BCUT2D eigenvalue weighted by molar-refractivity contribution is 5.82. The molecule has 0 amide bonds. The van der Waals surface area contributed by atoms with Crippen molar-refractivity contribution in [3.05, 3.63) is 30.1 Å². The Balaban J connectivity index is 1.67. The van der Waals surface area contributed by atoms with E-state index in [-0.39, 0.29) is 5.78 Å². The average molecular weight is 204 g/mol. The van der Waals surface area contributed by atoms with E-state index >= 15 is 0 Å². The van der Waals surface area contributed by atoms with Crippen molar-refractivity contribution in [2.24, 2.45) is 5.92 Å². The summed E-state index contributed by atoms with van der Waals surface area (Å²) in [7, 11) is 0. The summed E-state index contributed by atoms with van der Waals surface area (Å²) < 4.78 is 0. The molecule has 0 aliphatic heterocycles. The Kier molecular flexibility index (Phi) is 3.45. The van der Waals surface area contributed by atoms with Crippen LogP contribution in [0.15, 0.2) is 24.4 Å². The lowest BCUT2D eigenvalue weighted by atomic mass is 10.2. The van der Waals surface area contributed by atoms with Crippen LogP contribution in [0.1, 0.15) is 18.5 Å². The number of ketones is 1. The second-order valence-corrected chi connectivity index (χ2v) is 4.11. The number of pyridine rings is 1. The predicted octanol–water partition coefficient (Wildman–Crippen LogP) is 1.19. The molecule has 2 rings (SSSR count). The summed E-state index contributed by atoms with van der Waals surface area (Å²) in [5.41, 5.74) is 0.857. The first-order chi connectivity index (χ1) is 7.34. The third-order valence-corrected chi connectivity index (χ3v) is 2.56. The summed E-state index contributed by atoms with van der Waals surface area (Å²) in [6.07, 6.45) is 4.81. The van der Waals surface area contributed by atoms with Crippen molar-refractivity contribution in [1.82, 2.24) is 10.3 Å². The monoisotopic (exact) mass is 204 g/mol. The van der Waals surface area contributed by atoms with Gasteiger partial charge in [-0.1, -0.05) is 6.07 Å². The van der Waals surface area contributed by atoms with Crippen LogP contribution in [0.5, 0.6) is 0 Å². The molecule has 3 heteroatoms. The quantitative estimate of drug-likeness (QED) is 0.757. The molecule has 1 saturated carbocycles. The highest BCUT2D eigenvalue weighted by Crippen LogP contribution is 2.27. The molecule has 0 saturated heterocycles. The molecule has 0 bridgehead atoms. The zero-order valence-corrected chi connectivity index (χ0v) is 8.78. The third kappa shape index (κ3) is 3.80. The number of hydrogen-bond donors (Lipinski definition) is 1. The lowest BCUT2D eigenvalue weighted by Crippen LogP contribution is -2.26. The molecular weight excluding hydrogens is 188 g/mol. The number of aromatic nitrogens is 1. The van der Waals surface area contributed by atoms with Crippen LogP contribution in [-0.4, -0.2) is 23.9 Å². The Labute approximate surface area is 89.9 Å². The highest BCUT2D eigenvalue weighted by Gasteiger charge is 2.20. The van der Waals surface area contributed by atoms with Crippen LogP contribution in [-0.2, 0) is 11.2 Å². The molecule has 0 radical (unpaired) electrons. The maximum Gasteiger partial charge on any atom is 0.152 e. The molecule has 15 heavy (non-hydrogen) atoms. The predicted molar refractivity (Wildman–Crippen MR) is 58.5 cm³/mol. The first-order valence-electron chi connectivity index (χ1n) is 5.47. The van der Waals surface area contributed by atoms with Gasteiger partial charge in [-0.3, -0.25) is 9.78 Å². The lowest BCUT2D eigenvalue weighted by Gasteiger charge is -2.02. The number of carbonyl (C=O) groups is 1. The van der Waals surface area contributed by atoms with Gasteiger partial charge in [0.05, 0.1) is 13.0 Å². The molecule has 1 aromatic heterocycles. The van der Waals surface area contributed by atoms with Crippen molar-refractivity contribution in [2.45, 2.75) is 19.3 Å². The smallest absolute Gasteiger partial charge is 0.152 e. The minimum atomic E-state index is 0.217. The molecule has 0 atom stereocenters. The number of nitrogens with one attached hydrogen (secondary N) is 1. The molecule has 0 unspecified atom stereocenters. The van der Waals surface area contributed by atoms with Crippen LogP contribution >= 0.6 is 0 Å². The van der Waals surface area contributed by atoms with Gasteiger partial charge in [0.2, 0.25) is 0 Å². The van der Waals surface area contributed by atoms with E-state index in [1.165, 1.54) is 12.8 Å². The fourth-order valence-corrected chi connectivity index (χ4v) is 1.50. The van der Waals surface area contributed by atoms with Crippen molar-refractivity contribution in [2.75, 3.05) is 13.1 Å². The zero-order chi connectivity index (χ0) is 10.5. The van der Waals surface area contributed by atoms with E-state index in [0.29, 0.717) is 13.0 Å². The van der Waals surface area contributed by atoms with Crippen molar-refractivity contribution < 1.29 is 4.79 Å². The fraction of sp³-hybridized carbons (Fsp3) is 0.500. The molecule has 1 fully saturated rings. The largest absolute Gasteiger partial charge is 0.310 e. The van der Waals surface area contributed by atoms with E-state index in [0.717, 1.165) is 18.2 Å². The fourth-order valence-electron chi connectivity index (χ4n) is 1.50. The molecule has 1 aliphatic rings. The second-order valence-electron chi connectivity index (χ2n) is 4.11. The van der Waals surface area contributed by atoms with E-state index < -0.39 is 0 Å². The SMILES string of the molecule is O=C(CNCC1CC1)Cc1ccccn1. The number of Topliss-reactive ketones (excluding diaryl/α,β-unsaturated/α-hetero) is 1. The Hall–Kier alpha value is -1.22. The highest BCUT2D eigenvalue weighted by atomic mass is 16.1. The first kappa shape index (κ1) is 10.3. The first-order valence-corrected chi connectivity index (χ1v) is 5.47. The lowest BCUT2D eigenvalue weighted by molar-refractivity contribution is -0.117. The van der Waals surface area contributed by atoms with Gasteiger partial charge in [-0.25, -0.2) is 0 Å². The van der Waals surface area contributed by atoms with Crippen LogP contribution in [0.3, 0.4) is 0 Å². The number of carbonyl (C=O) groups excluding carboxylic acids is 1. The standard InChI is InChI=1S/C12H16N2O/c15-12(9-13-8-10-4-5-10)7-11-3-1-2-6-14-11/h1-3,6,10,13H,4-5,7-9H2. The molecule has 1 aliphatic carbocycles. The van der Waals surface area contributed by atoms with Crippen molar-refractivity contribution >= 4 is 5.78 Å². The Morgan fingerprint density at radius 3 is 3.00 bits per heavy atom. The molecule has 3 nitrogen and oxygen atoms in total. The molecule has 1 N–H and O–H groups in total. The van der Waals surface area contributed by atoms with Crippen molar-refractivity contribution in [3.8, 4) is 0 Å². The molecular formula is C12H16N2O. The van der Waals surface area contributed by atoms with Gasteiger partial charge in [-0.15, -0.1) is 0 Å².